The van der Waals surface area contributed by atoms with Crippen LogP contribution in [-0.4, -0.2) is 74.6 Å². The van der Waals surface area contributed by atoms with Gasteiger partial charge in [-0.3, -0.25) is 9.69 Å². The van der Waals surface area contributed by atoms with Gasteiger partial charge in [0, 0.05) is 32.2 Å². The van der Waals surface area contributed by atoms with Crippen LogP contribution in [0, 0.1) is 0 Å². The maximum absolute atomic E-state index is 12.1. The quantitative estimate of drug-likeness (QED) is 0.671. The van der Waals surface area contributed by atoms with Gasteiger partial charge in [0.05, 0.1) is 6.54 Å². The number of rotatable bonds is 3. The Morgan fingerprint density at radius 3 is 2.41 bits per heavy atom. The van der Waals surface area contributed by atoms with Crippen molar-refractivity contribution in [2.24, 2.45) is 0 Å². The maximum Gasteiger partial charge on any atom is 0.236 e. The number of hydrogen-bond acceptors (Lipinski definition) is 4. The van der Waals surface area contributed by atoms with Crippen molar-refractivity contribution in [3.05, 3.63) is 0 Å². The average Bonchev–Trinajstić information content (AvgIpc) is 2.40. The van der Waals surface area contributed by atoms with Gasteiger partial charge in [-0.1, -0.05) is 0 Å². The van der Waals surface area contributed by atoms with Crippen molar-refractivity contribution in [3.63, 3.8) is 0 Å². The summed E-state index contributed by atoms with van der Waals surface area (Å²) in [6.45, 7) is 6.32. The summed E-state index contributed by atoms with van der Waals surface area (Å²) in [6.07, 6.45) is 2.32. The third-order valence-electron chi connectivity index (χ3n) is 3.79. The smallest absolute Gasteiger partial charge is 0.236 e. The van der Waals surface area contributed by atoms with E-state index in [1.165, 1.54) is 0 Å². The number of nitrogens with zero attached hydrogens (tertiary/aromatic N) is 2. The predicted molar refractivity (Wildman–Crippen MR) is 68.0 cm³/mol. The third-order valence-corrected chi connectivity index (χ3v) is 3.79. The van der Waals surface area contributed by atoms with Gasteiger partial charge in [-0.25, -0.2) is 0 Å². The fraction of sp³-hybridized carbons (Fsp3) is 0.917. The summed E-state index contributed by atoms with van der Waals surface area (Å²) in [7, 11) is 2.08. The van der Waals surface area contributed by atoms with Crippen molar-refractivity contribution in [1.82, 2.24) is 20.4 Å². The molecule has 2 saturated heterocycles. The van der Waals surface area contributed by atoms with Gasteiger partial charge in [0.1, 0.15) is 0 Å². The number of carbonyl (C=O) groups excluding carboxylic acids is 1. The molecule has 0 radical (unpaired) electrons. The minimum Gasteiger partial charge on any atom is -0.339 e. The summed E-state index contributed by atoms with van der Waals surface area (Å²) in [5, 5.41) is 6.63. The van der Waals surface area contributed by atoms with E-state index >= 15 is 0 Å². The number of piperazine rings is 1. The molecule has 0 aromatic carbocycles. The molecule has 5 nitrogen and oxygen atoms in total. The summed E-state index contributed by atoms with van der Waals surface area (Å²) in [6, 6.07) is 0.572. The summed E-state index contributed by atoms with van der Waals surface area (Å²) >= 11 is 0. The van der Waals surface area contributed by atoms with Gasteiger partial charge in [-0.2, -0.15) is 0 Å². The Balaban J connectivity index is 1.76. The minimum absolute atomic E-state index is 0.285. The van der Waals surface area contributed by atoms with Crippen LogP contribution in [0.4, 0.5) is 0 Å². The average molecular weight is 240 g/mol. The molecule has 1 amide bonds. The topological polar surface area (TPSA) is 47.6 Å². The third kappa shape index (κ3) is 3.66. The maximum atomic E-state index is 12.1. The second-order valence-corrected chi connectivity index (χ2v) is 5.03. The normalized spacial score (nSPS) is 23.1. The monoisotopic (exact) mass is 240 g/mol. The molecule has 0 aromatic rings. The highest BCUT2D eigenvalue weighted by molar-refractivity contribution is 5.78. The molecule has 17 heavy (non-hydrogen) atoms. The molecule has 2 N–H and O–H groups in total. The first-order valence-corrected chi connectivity index (χ1v) is 6.67. The molecule has 0 spiro atoms. The fourth-order valence-corrected chi connectivity index (χ4v) is 2.60. The van der Waals surface area contributed by atoms with Crippen molar-refractivity contribution in [1.29, 1.82) is 0 Å². The van der Waals surface area contributed by atoms with Crippen molar-refractivity contribution >= 4 is 5.91 Å². The van der Waals surface area contributed by atoms with E-state index in [0.29, 0.717) is 12.6 Å². The first-order chi connectivity index (χ1) is 8.27. The van der Waals surface area contributed by atoms with Gasteiger partial charge in [0.2, 0.25) is 5.91 Å². The number of carbonyl (C=O) groups is 1. The largest absolute Gasteiger partial charge is 0.339 e. The Bertz CT molecular complexity index is 247. The van der Waals surface area contributed by atoms with Crippen molar-refractivity contribution < 1.29 is 4.79 Å². The molecular formula is C12H24N4O. The number of likely N-dealkylation sites (N-methyl/N-ethyl adjacent to an activating group) is 1. The van der Waals surface area contributed by atoms with Gasteiger partial charge in [-0.05, 0) is 33.0 Å². The predicted octanol–water partition coefficient (Wildman–Crippen LogP) is -0.898. The van der Waals surface area contributed by atoms with Gasteiger partial charge in [0.15, 0.2) is 0 Å². The van der Waals surface area contributed by atoms with E-state index in [1.807, 2.05) is 4.90 Å². The second-order valence-electron chi connectivity index (χ2n) is 5.03. The Morgan fingerprint density at radius 1 is 1.18 bits per heavy atom. The highest BCUT2D eigenvalue weighted by Crippen LogP contribution is 2.10. The summed E-state index contributed by atoms with van der Waals surface area (Å²) in [5.41, 5.74) is 0. The molecule has 2 aliphatic heterocycles. The Morgan fingerprint density at radius 2 is 1.76 bits per heavy atom. The number of piperidine rings is 1. The lowest BCUT2D eigenvalue weighted by Gasteiger charge is -2.34. The van der Waals surface area contributed by atoms with Crippen LogP contribution in [0.15, 0.2) is 0 Å². The van der Waals surface area contributed by atoms with Crippen LogP contribution in [0.3, 0.4) is 0 Å². The Labute approximate surface area is 104 Å². The zero-order chi connectivity index (χ0) is 12.1. The SMILES string of the molecule is CN(CC(=O)N1CCNCC1)C1CCNCC1. The highest BCUT2D eigenvalue weighted by Gasteiger charge is 2.22. The van der Waals surface area contributed by atoms with E-state index in [1.54, 1.807) is 0 Å². The molecule has 98 valence electrons. The Kier molecular flexibility index (Phi) is 4.76. The second kappa shape index (κ2) is 6.33. The van der Waals surface area contributed by atoms with Crippen LogP contribution in [-0.2, 0) is 4.79 Å². The van der Waals surface area contributed by atoms with Crippen LogP contribution in [0.5, 0.6) is 0 Å². The lowest BCUT2D eigenvalue weighted by molar-refractivity contribution is -0.133. The van der Waals surface area contributed by atoms with Gasteiger partial charge in [0.25, 0.3) is 0 Å². The molecule has 0 aromatic heterocycles. The first-order valence-electron chi connectivity index (χ1n) is 6.67. The van der Waals surface area contributed by atoms with Crippen LogP contribution >= 0.6 is 0 Å². The Hall–Kier alpha value is -0.650. The molecule has 2 heterocycles. The van der Waals surface area contributed by atoms with E-state index in [9.17, 15) is 4.79 Å². The van der Waals surface area contributed by atoms with E-state index < -0.39 is 0 Å². The van der Waals surface area contributed by atoms with Crippen molar-refractivity contribution in [2.45, 2.75) is 18.9 Å². The van der Waals surface area contributed by atoms with Crippen LogP contribution in [0.25, 0.3) is 0 Å². The number of nitrogens with one attached hydrogen (secondary N) is 2. The molecule has 0 bridgehead atoms. The van der Waals surface area contributed by atoms with Gasteiger partial charge < -0.3 is 15.5 Å². The van der Waals surface area contributed by atoms with Crippen LogP contribution in [0.1, 0.15) is 12.8 Å². The molecule has 0 atom stereocenters. The van der Waals surface area contributed by atoms with E-state index in [4.69, 9.17) is 0 Å². The molecule has 0 saturated carbocycles. The molecule has 0 aliphatic carbocycles. The van der Waals surface area contributed by atoms with Gasteiger partial charge in [-0.15, -0.1) is 0 Å². The van der Waals surface area contributed by atoms with E-state index in [-0.39, 0.29) is 5.91 Å². The zero-order valence-electron chi connectivity index (χ0n) is 10.7. The zero-order valence-corrected chi connectivity index (χ0v) is 10.7. The first kappa shape index (κ1) is 12.8. The number of amides is 1. The molecule has 5 heteroatoms. The summed E-state index contributed by atoms with van der Waals surface area (Å²) in [4.78, 5) is 16.3. The number of hydrogen-bond donors (Lipinski definition) is 2. The lowest BCUT2D eigenvalue weighted by Crippen LogP contribution is -2.51. The van der Waals surface area contributed by atoms with Crippen LogP contribution in [0.2, 0.25) is 0 Å². The summed E-state index contributed by atoms with van der Waals surface area (Å²) < 4.78 is 0. The van der Waals surface area contributed by atoms with E-state index in [0.717, 1.165) is 52.1 Å². The molecule has 2 aliphatic rings. The minimum atomic E-state index is 0.285. The van der Waals surface area contributed by atoms with E-state index in [2.05, 4.69) is 22.6 Å². The van der Waals surface area contributed by atoms with Crippen LogP contribution < -0.4 is 10.6 Å². The standard InChI is InChI=1S/C12H24N4O/c1-15(11-2-4-13-5-3-11)10-12(17)16-8-6-14-7-9-16/h11,13-14H,2-10H2,1H3. The van der Waals surface area contributed by atoms with Crippen molar-refractivity contribution in [2.75, 3.05) is 52.9 Å². The molecule has 2 rings (SSSR count). The lowest BCUT2D eigenvalue weighted by atomic mass is 10.1. The molecular weight excluding hydrogens is 216 g/mol. The summed E-state index contributed by atoms with van der Waals surface area (Å²) in [5.74, 6) is 0.285. The fourth-order valence-electron chi connectivity index (χ4n) is 2.60. The van der Waals surface area contributed by atoms with Gasteiger partial charge >= 0.3 is 0 Å². The molecule has 0 unspecified atom stereocenters. The van der Waals surface area contributed by atoms with Crippen molar-refractivity contribution in [3.8, 4) is 0 Å². The molecule has 2 fully saturated rings. The highest BCUT2D eigenvalue weighted by atomic mass is 16.2.